The van der Waals surface area contributed by atoms with Gasteiger partial charge < -0.3 is 33.9 Å². The topological polar surface area (TPSA) is 130 Å². The molecule has 2 unspecified atom stereocenters. The van der Waals surface area contributed by atoms with Crippen molar-refractivity contribution >= 4 is 17.8 Å². The molecule has 0 aromatic heterocycles. The Morgan fingerprint density at radius 3 is 2.17 bits per heavy atom. The number of halogens is 1. The molecule has 3 heterocycles. The van der Waals surface area contributed by atoms with Crippen molar-refractivity contribution < 1.29 is 42.8 Å². The zero-order valence-corrected chi connectivity index (χ0v) is 29.9. The molecule has 6 rings (SSSR count). The first-order valence-electron chi connectivity index (χ1n) is 17.6. The second kappa shape index (κ2) is 15.9. The molecule has 278 valence electrons. The summed E-state index contributed by atoms with van der Waals surface area (Å²) in [6.45, 7) is 3.57. The number of hydrogen-bond donors (Lipinski definition) is 2. The smallest absolute Gasteiger partial charge is 0.325 e. The van der Waals surface area contributed by atoms with Crippen LogP contribution in [0.5, 0.6) is 17.2 Å². The standard InChI is InChI=1S/C39H47FN4O8/c1-49-32-23-27(24-33(50-2)34(32)51-3)35(45)43-20-14-38(26-43,28-9-11-30(40)12-10-28)13-17-42-18-15-39(16-19-42,29-7-5-4-6-8-29)37(48)41-44-21-22-52-25-31(44)36(46)47/h4-12,23-24,31H,13-22,25-26H2,1-3H3,(H,41,48)(H,46,47). The van der Waals surface area contributed by atoms with Crippen LogP contribution in [0.15, 0.2) is 66.7 Å². The van der Waals surface area contributed by atoms with Gasteiger partial charge in [0, 0.05) is 30.6 Å². The van der Waals surface area contributed by atoms with Crippen LogP contribution >= 0.6 is 0 Å². The Labute approximate surface area is 303 Å². The number of morpholine rings is 1. The summed E-state index contributed by atoms with van der Waals surface area (Å²) in [5.41, 5.74) is 3.98. The van der Waals surface area contributed by atoms with E-state index in [9.17, 15) is 23.9 Å². The summed E-state index contributed by atoms with van der Waals surface area (Å²) in [5, 5.41) is 11.2. The summed E-state index contributed by atoms with van der Waals surface area (Å²) < 4.78 is 35.9. The van der Waals surface area contributed by atoms with Crippen molar-refractivity contribution in [2.75, 3.05) is 73.8 Å². The Morgan fingerprint density at radius 2 is 1.56 bits per heavy atom. The Balaban J connectivity index is 1.19. The predicted molar refractivity (Wildman–Crippen MR) is 190 cm³/mol. The van der Waals surface area contributed by atoms with Gasteiger partial charge >= 0.3 is 5.97 Å². The van der Waals surface area contributed by atoms with Gasteiger partial charge in [0.15, 0.2) is 11.5 Å². The number of carboxylic acids is 1. The van der Waals surface area contributed by atoms with E-state index in [2.05, 4.69) is 10.3 Å². The van der Waals surface area contributed by atoms with Gasteiger partial charge in [-0.2, -0.15) is 0 Å². The molecular weight excluding hydrogens is 671 g/mol. The number of nitrogens with zero attached hydrogens (tertiary/aromatic N) is 3. The van der Waals surface area contributed by atoms with Crippen LogP contribution in [0.1, 0.15) is 47.2 Å². The van der Waals surface area contributed by atoms with Crippen LogP contribution in [0, 0.1) is 5.82 Å². The summed E-state index contributed by atoms with van der Waals surface area (Å²) in [6.07, 6.45) is 2.50. The number of nitrogens with one attached hydrogen (secondary N) is 1. The van der Waals surface area contributed by atoms with Gasteiger partial charge in [-0.05, 0) is 80.7 Å². The molecule has 12 nitrogen and oxygen atoms in total. The summed E-state index contributed by atoms with van der Waals surface area (Å²) >= 11 is 0. The van der Waals surface area contributed by atoms with Crippen molar-refractivity contribution in [2.24, 2.45) is 0 Å². The van der Waals surface area contributed by atoms with Gasteiger partial charge in [0.2, 0.25) is 11.7 Å². The fourth-order valence-electron chi connectivity index (χ4n) is 7.93. The number of amides is 2. The van der Waals surface area contributed by atoms with Crippen LogP contribution in [0.25, 0.3) is 0 Å². The molecule has 0 aliphatic carbocycles. The minimum Gasteiger partial charge on any atom is -0.493 e. The van der Waals surface area contributed by atoms with Gasteiger partial charge in [-0.25, -0.2) is 9.40 Å². The summed E-state index contributed by atoms with van der Waals surface area (Å²) in [4.78, 5) is 44.2. The van der Waals surface area contributed by atoms with Crippen molar-refractivity contribution in [1.82, 2.24) is 20.2 Å². The molecule has 52 heavy (non-hydrogen) atoms. The fraction of sp³-hybridized carbons (Fsp3) is 0.462. The molecule has 0 radical (unpaired) electrons. The molecule has 2 atom stereocenters. The molecule has 3 aliphatic rings. The number of likely N-dealkylation sites (tertiary alicyclic amines) is 2. The number of hydrogen-bond acceptors (Lipinski definition) is 9. The minimum atomic E-state index is -1.05. The lowest BCUT2D eigenvalue weighted by molar-refractivity contribution is -0.156. The number of piperidine rings is 1. The normalized spacial score (nSPS) is 22.1. The molecule has 3 aromatic carbocycles. The molecule has 2 amide bonds. The fourth-order valence-corrected chi connectivity index (χ4v) is 7.93. The van der Waals surface area contributed by atoms with Crippen LogP contribution in [0.4, 0.5) is 4.39 Å². The Kier molecular flexibility index (Phi) is 11.3. The van der Waals surface area contributed by atoms with Crippen LogP contribution < -0.4 is 19.6 Å². The van der Waals surface area contributed by atoms with Gasteiger partial charge in [0.25, 0.3) is 5.91 Å². The zero-order chi connectivity index (χ0) is 36.9. The Hall–Kier alpha value is -4.72. The number of carbonyl (C=O) groups is 3. The van der Waals surface area contributed by atoms with Crippen molar-refractivity contribution in [2.45, 2.75) is 42.6 Å². The van der Waals surface area contributed by atoms with Gasteiger partial charge in [-0.3, -0.25) is 19.8 Å². The van der Waals surface area contributed by atoms with E-state index in [-0.39, 0.29) is 30.8 Å². The first kappa shape index (κ1) is 37.1. The Morgan fingerprint density at radius 1 is 0.885 bits per heavy atom. The first-order valence-corrected chi connectivity index (χ1v) is 17.6. The van der Waals surface area contributed by atoms with E-state index in [0.29, 0.717) is 81.4 Å². The van der Waals surface area contributed by atoms with Crippen molar-refractivity contribution in [3.63, 3.8) is 0 Å². The molecule has 3 aromatic rings. The second-order valence-electron chi connectivity index (χ2n) is 13.8. The summed E-state index contributed by atoms with van der Waals surface area (Å²) in [7, 11) is 4.54. The van der Waals surface area contributed by atoms with Gasteiger partial charge in [-0.1, -0.05) is 42.5 Å². The predicted octanol–water partition coefficient (Wildman–Crippen LogP) is 3.88. The highest BCUT2D eigenvalue weighted by Gasteiger charge is 2.46. The number of ether oxygens (including phenoxy) is 4. The van der Waals surface area contributed by atoms with E-state index in [1.165, 1.54) is 38.5 Å². The number of benzene rings is 3. The molecule has 0 saturated carbocycles. The van der Waals surface area contributed by atoms with Gasteiger partial charge in [-0.15, -0.1) is 0 Å². The molecule has 3 saturated heterocycles. The molecule has 0 bridgehead atoms. The number of aliphatic carboxylic acids is 1. The third-order valence-corrected chi connectivity index (χ3v) is 11.0. The van der Waals surface area contributed by atoms with E-state index in [1.807, 2.05) is 47.4 Å². The average molecular weight is 719 g/mol. The van der Waals surface area contributed by atoms with E-state index in [4.69, 9.17) is 18.9 Å². The largest absolute Gasteiger partial charge is 0.493 e. The lowest BCUT2D eigenvalue weighted by atomic mass is 9.71. The SMILES string of the molecule is COc1cc(C(=O)N2CCC(CCN3CCC(C(=O)NN4CCOCC4C(=O)O)(c4ccccc4)CC3)(c3ccc(F)cc3)C2)cc(OC)c1OC. The molecular formula is C39H47FN4O8. The monoisotopic (exact) mass is 718 g/mol. The van der Waals surface area contributed by atoms with Crippen LogP contribution in [-0.2, 0) is 25.2 Å². The highest BCUT2D eigenvalue weighted by Crippen LogP contribution is 2.42. The quantitative estimate of drug-likeness (QED) is 0.285. The number of hydrazine groups is 1. The zero-order valence-electron chi connectivity index (χ0n) is 29.9. The maximum atomic E-state index is 14.1. The van der Waals surface area contributed by atoms with E-state index >= 15 is 0 Å². The van der Waals surface area contributed by atoms with Crippen LogP contribution in [0.2, 0.25) is 0 Å². The van der Waals surface area contributed by atoms with Gasteiger partial charge in [0.05, 0.1) is 40.0 Å². The van der Waals surface area contributed by atoms with Crippen LogP contribution in [-0.4, -0.2) is 118 Å². The van der Waals surface area contributed by atoms with E-state index in [1.54, 1.807) is 12.1 Å². The molecule has 0 spiro atoms. The maximum absolute atomic E-state index is 14.1. The summed E-state index contributed by atoms with van der Waals surface area (Å²) in [5.74, 6) is -0.548. The van der Waals surface area contributed by atoms with Crippen molar-refractivity contribution in [3.8, 4) is 17.2 Å². The van der Waals surface area contributed by atoms with Gasteiger partial charge in [0.1, 0.15) is 11.9 Å². The molecule has 3 aliphatic heterocycles. The average Bonchev–Trinajstić information content (AvgIpc) is 3.62. The second-order valence-corrected chi connectivity index (χ2v) is 13.8. The number of methoxy groups -OCH3 is 3. The maximum Gasteiger partial charge on any atom is 0.325 e. The third kappa shape index (κ3) is 7.43. The number of carboxylic acid groups (broad SMARTS) is 1. The minimum absolute atomic E-state index is 0.00302. The van der Waals surface area contributed by atoms with Crippen LogP contribution in [0.3, 0.4) is 0 Å². The molecule has 3 fully saturated rings. The first-order chi connectivity index (χ1) is 25.1. The van der Waals surface area contributed by atoms with Crippen molar-refractivity contribution in [1.29, 1.82) is 0 Å². The lowest BCUT2D eigenvalue weighted by Gasteiger charge is -2.44. The number of rotatable bonds is 12. The highest BCUT2D eigenvalue weighted by atomic mass is 19.1. The summed E-state index contributed by atoms with van der Waals surface area (Å²) in [6, 6.07) is 18.6. The highest BCUT2D eigenvalue weighted by molar-refractivity contribution is 5.96. The van der Waals surface area contributed by atoms with E-state index < -0.39 is 22.8 Å². The lowest BCUT2D eigenvalue weighted by Crippen LogP contribution is -2.62. The third-order valence-electron chi connectivity index (χ3n) is 11.0. The van der Waals surface area contributed by atoms with E-state index in [0.717, 1.165) is 17.5 Å². The number of carbonyl (C=O) groups excluding carboxylic acids is 2. The Bertz CT molecular complexity index is 1710. The molecule has 13 heteroatoms. The van der Waals surface area contributed by atoms with Crippen molar-refractivity contribution in [3.05, 3.63) is 89.2 Å². The molecule has 2 N–H and O–H groups in total.